The molecule has 2 aromatic carbocycles. The molecular weight excluding hydrogens is 422 g/mol. The van der Waals surface area contributed by atoms with Crippen LogP contribution in [0, 0.1) is 0 Å². The fourth-order valence-corrected chi connectivity index (χ4v) is 3.23. The summed E-state index contributed by atoms with van der Waals surface area (Å²) in [5.74, 6) is -0.247. The van der Waals surface area contributed by atoms with E-state index in [4.69, 9.17) is 13.9 Å². The van der Waals surface area contributed by atoms with Crippen LogP contribution >= 0.6 is 0 Å². The number of carbonyl (C=O) groups excluding carboxylic acids is 2. The molecule has 0 aliphatic heterocycles. The summed E-state index contributed by atoms with van der Waals surface area (Å²) in [6.07, 6.45) is 0.741. The molecule has 0 fully saturated rings. The van der Waals surface area contributed by atoms with Gasteiger partial charge in [-0.25, -0.2) is 9.59 Å². The van der Waals surface area contributed by atoms with E-state index >= 15 is 0 Å². The Hall–Kier alpha value is -3.61. The van der Waals surface area contributed by atoms with E-state index in [0.717, 1.165) is 12.0 Å². The maximum atomic E-state index is 12.3. The van der Waals surface area contributed by atoms with E-state index in [1.165, 1.54) is 12.1 Å². The number of hydrogen-bond acceptors (Lipinski definition) is 6. The first kappa shape index (κ1) is 24.0. The number of esters is 1. The lowest BCUT2D eigenvalue weighted by molar-refractivity contribution is -0.136. The van der Waals surface area contributed by atoms with Crippen molar-refractivity contribution < 1.29 is 23.5 Å². The maximum Gasteiger partial charge on any atom is 0.349 e. The first-order chi connectivity index (χ1) is 15.6. The molecule has 1 unspecified atom stereocenters. The van der Waals surface area contributed by atoms with Crippen LogP contribution in [0.25, 0.3) is 11.0 Å². The second kappa shape index (κ2) is 9.90. The first-order valence-corrected chi connectivity index (χ1v) is 10.9. The van der Waals surface area contributed by atoms with Crippen LogP contribution in [0.4, 0.5) is 0 Å². The molecule has 0 saturated carbocycles. The number of ether oxygens (including phenoxy) is 2. The largest absolute Gasteiger partial charge is 0.482 e. The van der Waals surface area contributed by atoms with Gasteiger partial charge in [-0.15, -0.1) is 0 Å². The zero-order valence-electron chi connectivity index (χ0n) is 19.6. The van der Waals surface area contributed by atoms with Crippen molar-refractivity contribution in [3.63, 3.8) is 0 Å². The van der Waals surface area contributed by atoms with Crippen molar-refractivity contribution in [1.82, 2.24) is 5.32 Å². The fraction of sp³-hybridized carbons (Fsp3) is 0.346. The molecular formula is C26H29NO6. The second-order valence-corrected chi connectivity index (χ2v) is 8.94. The SMILES string of the molecule is CCC(C)NC(=O)c1cc2ccc(OC(=O)COc3ccccc3C(C)(C)C)cc2oc1=O. The molecule has 0 aliphatic rings. The summed E-state index contributed by atoms with van der Waals surface area (Å²) in [7, 11) is 0. The normalized spacial score (nSPS) is 12.3. The Morgan fingerprint density at radius 2 is 1.82 bits per heavy atom. The van der Waals surface area contributed by atoms with Gasteiger partial charge in [0.25, 0.3) is 5.91 Å². The topological polar surface area (TPSA) is 94.8 Å². The first-order valence-electron chi connectivity index (χ1n) is 10.9. The van der Waals surface area contributed by atoms with Gasteiger partial charge in [0.1, 0.15) is 22.6 Å². The summed E-state index contributed by atoms with van der Waals surface area (Å²) < 4.78 is 16.3. The lowest BCUT2D eigenvalue weighted by Gasteiger charge is -2.22. The summed E-state index contributed by atoms with van der Waals surface area (Å²) in [6.45, 7) is 9.71. The number of carbonyl (C=O) groups is 2. The highest BCUT2D eigenvalue weighted by atomic mass is 16.6. The van der Waals surface area contributed by atoms with Crippen LogP contribution in [0.5, 0.6) is 11.5 Å². The van der Waals surface area contributed by atoms with Gasteiger partial charge < -0.3 is 19.2 Å². The Morgan fingerprint density at radius 3 is 2.52 bits per heavy atom. The standard InChI is InChI=1S/C26H29NO6/c1-6-16(2)27-24(29)19-13-17-11-12-18(14-22(17)33-25(19)30)32-23(28)15-31-21-10-8-7-9-20(21)26(3,4)5/h7-14,16H,6,15H2,1-5H3,(H,27,29). The molecule has 7 nitrogen and oxygen atoms in total. The van der Waals surface area contributed by atoms with E-state index in [0.29, 0.717) is 11.1 Å². The average Bonchev–Trinajstić information content (AvgIpc) is 2.76. The van der Waals surface area contributed by atoms with Crippen LogP contribution < -0.4 is 20.4 Å². The van der Waals surface area contributed by atoms with Gasteiger partial charge in [0.2, 0.25) is 0 Å². The third-order valence-electron chi connectivity index (χ3n) is 5.21. The Labute approximate surface area is 192 Å². The zero-order valence-corrected chi connectivity index (χ0v) is 19.6. The highest BCUT2D eigenvalue weighted by Crippen LogP contribution is 2.31. The van der Waals surface area contributed by atoms with E-state index in [1.807, 2.05) is 38.1 Å². The number of nitrogens with one attached hydrogen (secondary N) is 1. The van der Waals surface area contributed by atoms with Gasteiger partial charge in [-0.05, 0) is 48.6 Å². The van der Waals surface area contributed by atoms with Gasteiger partial charge in [-0.1, -0.05) is 45.9 Å². The number of fused-ring (bicyclic) bond motifs is 1. The zero-order chi connectivity index (χ0) is 24.2. The highest BCUT2D eigenvalue weighted by Gasteiger charge is 2.20. The lowest BCUT2D eigenvalue weighted by Crippen LogP contribution is -2.34. The van der Waals surface area contributed by atoms with Crippen molar-refractivity contribution in [2.24, 2.45) is 0 Å². The molecule has 0 bridgehead atoms. The minimum Gasteiger partial charge on any atom is -0.482 e. The van der Waals surface area contributed by atoms with E-state index in [9.17, 15) is 14.4 Å². The summed E-state index contributed by atoms with van der Waals surface area (Å²) in [5, 5.41) is 3.29. The predicted octanol–water partition coefficient (Wildman–Crippen LogP) is 4.60. The van der Waals surface area contributed by atoms with Crippen LogP contribution in [0.3, 0.4) is 0 Å². The molecule has 1 amide bonds. The Bertz CT molecular complexity index is 1220. The van der Waals surface area contributed by atoms with Gasteiger partial charge in [0, 0.05) is 17.5 Å². The van der Waals surface area contributed by atoms with Crippen molar-refractivity contribution in [3.05, 3.63) is 70.1 Å². The summed E-state index contributed by atoms with van der Waals surface area (Å²) in [5.41, 5.74) is 0.232. The molecule has 0 aliphatic carbocycles. The highest BCUT2D eigenvalue weighted by molar-refractivity contribution is 5.97. The van der Waals surface area contributed by atoms with Crippen molar-refractivity contribution in [3.8, 4) is 11.5 Å². The molecule has 7 heteroatoms. The molecule has 0 radical (unpaired) electrons. The second-order valence-electron chi connectivity index (χ2n) is 8.94. The molecule has 0 spiro atoms. The Morgan fingerprint density at radius 1 is 1.09 bits per heavy atom. The lowest BCUT2D eigenvalue weighted by atomic mass is 9.86. The predicted molar refractivity (Wildman–Crippen MR) is 126 cm³/mol. The maximum absolute atomic E-state index is 12.3. The number of amides is 1. The van der Waals surface area contributed by atoms with Crippen LogP contribution in [0.2, 0.25) is 0 Å². The molecule has 1 atom stereocenters. The minimum atomic E-state index is -0.756. The summed E-state index contributed by atoms with van der Waals surface area (Å²) in [6, 6.07) is 13.6. The van der Waals surface area contributed by atoms with Gasteiger partial charge in [0.15, 0.2) is 6.61 Å². The van der Waals surface area contributed by atoms with Gasteiger partial charge in [-0.2, -0.15) is 0 Å². The third-order valence-corrected chi connectivity index (χ3v) is 5.21. The van der Waals surface area contributed by atoms with Crippen molar-refractivity contribution >= 4 is 22.8 Å². The summed E-state index contributed by atoms with van der Waals surface area (Å²) >= 11 is 0. The molecule has 0 saturated heterocycles. The number of hydrogen-bond donors (Lipinski definition) is 1. The smallest absolute Gasteiger partial charge is 0.349 e. The summed E-state index contributed by atoms with van der Waals surface area (Å²) in [4.78, 5) is 36.9. The van der Waals surface area contributed by atoms with Crippen molar-refractivity contribution in [2.45, 2.75) is 52.5 Å². The third kappa shape index (κ3) is 6.00. The Balaban J connectivity index is 1.71. The van der Waals surface area contributed by atoms with Crippen LogP contribution in [0.15, 0.2) is 57.7 Å². The van der Waals surface area contributed by atoms with Crippen LogP contribution in [0.1, 0.15) is 57.0 Å². The fourth-order valence-electron chi connectivity index (χ4n) is 3.23. The molecule has 174 valence electrons. The minimum absolute atomic E-state index is 0.0630. The molecule has 1 heterocycles. The van der Waals surface area contributed by atoms with Gasteiger partial charge in [0.05, 0.1) is 0 Å². The average molecular weight is 452 g/mol. The molecule has 3 rings (SSSR count). The van der Waals surface area contributed by atoms with E-state index in [1.54, 1.807) is 12.1 Å². The van der Waals surface area contributed by atoms with Crippen LogP contribution in [-0.2, 0) is 10.2 Å². The molecule has 1 aromatic heterocycles. The van der Waals surface area contributed by atoms with Crippen molar-refractivity contribution in [2.75, 3.05) is 6.61 Å². The number of benzene rings is 2. The van der Waals surface area contributed by atoms with Gasteiger partial charge >= 0.3 is 11.6 Å². The monoisotopic (exact) mass is 451 g/mol. The van der Waals surface area contributed by atoms with Crippen molar-refractivity contribution in [1.29, 1.82) is 0 Å². The molecule has 3 aromatic rings. The number of para-hydroxylation sites is 1. The number of rotatable bonds is 7. The van der Waals surface area contributed by atoms with Crippen LogP contribution in [-0.4, -0.2) is 24.5 Å². The molecule has 1 N–H and O–H groups in total. The van der Waals surface area contributed by atoms with E-state index in [2.05, 4.69) is 26.1 Å². The van der Waals surface area contributed by atoms with E-state index in [-0.39, 0.29) is 35.0 Å². The quantitative estimate of drug-likeness (QED) is 0.320. The Kier molecular flexibility index (Phi) is 7.21. The van der Waals surface area contributed by atoms with E-state index < -0.39 is 17.5 Å². The molecule has 33 heavy (non-hydrogen) atoms. The van der Waals surface area contributed by atoms with Gasteiger partial charge in [-0.3, -0.25) is 4.79 Å².